The molecule has 3 nitrogen and oxygen atoms in total. The van der Waals surface area contributed by atoms with Crippen LogP contribution in [0.25, 0.3) is 0 Å². The number of alkyl halides is 1. The van der Waals surface area contributed by atoms with E-state index in [2.05, 4.69) is 30.8 Å². The predicted molar refractivity (Wildman–Crippen MR) is 83.1 cm³/mol. The number of aryl methyl sites for hydroxylation is 2. The van der Waals surface area contributed by atoms with E-state index >= 15 is 0 Å². The molecule has 110 valence electrons. The van der Waals surface area contributed by atoms with Crippen molar-refractivity contribution in [3.8, 4) is 0 Å². The van der Waals surface area contributed by atoms with Crippen LogP contribution < -0.4 is 0 Å². The topological polar surface area (TPSA) is 21.1 Å². The molecule has 0 fully saturated rings. The summed E-state index contributed by atoms with van der Waals surface area (Å²) in [5, 5.41) is 5.28. The quantitative estimate of drug-likeness (QED) is 0.674. The third-order valence-electron chi connectivity index (χ3n) is 3.64. The smallest absolute Gasteiger partial charge is 0.0860 e. The highest BCUT2D eigenvalue weighted by Crippen LogP contribution is 2.23. The van der Waals surface area contributed by atoms with Crippen LogP contribution in [0.15, 0.2) is 0 Å². The van der Waals surface area contributed by atoms with Crippen molar-refractivity contribution < 1.29 is 0 Å². The Labute approximate surface area is 126 Å². The lowest BCUT2D eigenvalue weighted by Gasteiger charge is -2.30. The Kier molecular flexibility index (Phi) is 7.19. The second-order valence-electron chi connectivity index (χ2n) is 4.79. The van der Waals surface area contributed by atoms with Crippen LogP contribution in [0.2, 0.25) is 5.02 Å². The molecule has 0 bridgehead atoms. The minimum Gasteiger partial charge on any atom is -0.293 e. The predicted octanol–water partition coefficient (Wildman–Crippen LogP) is 4.09. The SMILES string of the molecule is CCC(CC)N(CCCl)Cc1c(Cl)c(C)nn1CC. The summed E-state index contributed by atoms with van der Waals surface area (Å²) >= 11 is 12.3. The first kappa shape index (κ1) is 16.8. The summed E-state index contributed by atoms with van der Waals surface area (Å²) in [6.07, 6.45) is 2.26. The van der Waals surface area contributed by atoms with Gasteiger partial charge in [-0.1, -0.05) is 25.4 Å². The molecule has 0 aliphatic rings. The molecule has 19 heavy (non-hydrogen) atoms. The molecule has 1 heterocycles. The molecule has 0 unspecified atom stereocenters. The average molecular weight is 306 g/mol. The van der Waals surface area contributed by atoms with E-state index in [-0.39, 0.29) is 0 Å². The van der Waals surface area contributed by atoms with E-state index in [4.69, 9.17) is 23.2 Å². The molecular weight excluding hydrogens is 281 g/mol. The third-order valence-corrected chi connectivity index (χ3v) is 4.30. The van der Waals surface area contributed by atoms with E-state index in [1.165, 1.54) is 0 Å². The maximum absolute atomic E-state index is 6.39. The van der Waals surface area contributed by atoms with Crippen LogP contribution in [-0.2, 0) is 13.1 Å². The Balaban J connectivity index is 2.95. The van der Waals surface area contributed by atoms with E-state index in [1.807, 2.05) is 11.6 Å². The van der Waals surface area contributed by atoms with Crippen molar-refractivity contribution in [1.82, 2.24) is 14.7 Å². The van der Waals surface area contributed by atoms with Crippen molar-refractivity contribution in [2.75, 3.05) is 12.4 Å². The number of halogens is 2. The van der Waals surface area contributed by atoms with Gasteiger partial charge in [-0.3, -0.25) is 9.58 Å². The lowest BCUT2D eigenvalue weighted by atomic mass is 10.1. The molecule has 1 aromatic rings. The summed E-state index contributed by atoms with van der Waals surface area (Å²) in [4.78, 5) is 2.42. The van der Waals surface area contributed by atoms with Crippen LogP contribution in [0, 0.1) is 6.92 Å². The van der Waals surface area contributed by atoms with Crippen LogP contribution in [0.1, 0.15) is 45.0 Å². The van der Waals surface area contributed by atoms with Crippen molar-refractivity contribution in [2.45, 2.75) is 59.7 Å². The first-order chi connectivity index (χ1) is 9.08. The average Bonchev–Trinajstić information content (AvgIpc) is 2.68. The molecule has 0 amide bonds. The van der Waals surface area contributed by atoms with Gasteiger partial charge in [0.15, 0.2) is 0 Å². The van der Waals surface area contributed by atoms with Crippen LogP contribution in [0.4, 0.5) is 0 Å². The molecule has 0 saturated heterocycles. The first-order valence-corrected chi connectivity index (χ1v) is 8.01. The van der Waals surface area contributed by atoms with Gasteiger partial charge in [-0.05, 0) is 26.7 Å². The van der Waals surface area contributed by atoms with E-state index in [9.17, 15) is 0 Å². The zero-order valence-electron chi connectivity index (χ0n) is 12.4. The van der Waals surface area contributed by atoms with Crippen molar-refractivity contribution in [3.05, 3.63) is 16.4 Å². The molecule has 0 aliphatic heterocycles. The molecular formula is C14H25Cl2N3. The van der Waals surface area contributed by atoms with E-state index < -0.39 is 0 Å². The molecule has 5 heteroatoms. The molecule has 0 aliphatic carbocycles. The fourth-order valence-electron chi connectivity index (χ4n) is 2.52. The third kappa shape index (κ3) is 4.11. The molecule has 0 atom stereocenters. The minimum atomic E-state index is 0.551. The lowest BCUT2D eigenvalue weighted by Crippen LogP contribution is -2.36. The Morgan fingerprint density at radius 3 is 2.37 bits per heavy atom. The van der Waals surface area contributed by atoms with Gasteiger partial charge in [0.05, 0.1) is 16.4 Å². The van der Waals surface area contributed by atoms with Crippen molar-refractivity contribution in [2.24, 2.45) is 0 Å². The summed E-state index contributed by atoms with van der Waals surface area (Å²) in [6, 6.07) is 0.551. The second-order valence-corrected chi connectivity index (χ2v) is 5.55. The Morgan fingerprint density at radius 2 is 1.89 bits per heavy atom. The molecule has 0 aromatic carbocycles. The highest BCUT2D eigenvalue weighted by atomic mass is 35.5. The fraction of sp³-hybridized carbons (Fsp3) is 0.786. The van der Waals surface area contributed by atoms with Gasteiger partial charge in [-0.15, -0.1) is 11.6 Å². The Bertz CT molecular complexity index is 386. The molecule has 0 radical (unpaired) electrons. The maximum atomic E-state index is 6.39. The van der Waals surface area contributed by atoms with E-state index in [1.54, 1.807) is 0 Å². The zero-order valence-corrected chi connectivity index (χ0v) is 13.9. The van der Waals surface area contributed by atoms with Gasteiger partial charge in [0, 0.05) is 31.6 Å². The number of hydrogen-bond acceptors (Lipinski definition) is 2. The van der Waals surface area contributed by atoms with Crippen molar-refractivity contribution in [1.29, 1.82) is 0 Å². The lowest BCUT2D eigenvalue weighted by molar-refractivity contribution is 0.183. The van der Waals surface area contributed by atoms with Crippen molar-refractivity contribution >= 4 is 23.2 Å². The zero-order chi connectivity index (χ0) is 14.4. The maximum Gasteiger partial charge on any atom is 0.0860 e. The molecule has 0 spiro atoms. The normalized spacial score (nSPS) is 11.8. The van der Waals surface area contributed by atoms with Gasteiger partial charge < -0.3 is 0 Å². The summed E-state index contributed by atoms with van der Waals surface area (Å²) < 4.78 is 2.00. The highest BCUT2D eigenvalue weighted by Gasteiger charge is 2.20. The van der Waals surface area contributed by atoms with Gasteiger partial charge in [-0.25, -0.2) is 0 Å². The fourth-order valence-corrected chi connectivity index (χ4v) is 2.93. The van der Waals surface area contributed by atoms with Crippen LogP contribution >= 0.6 is 23.2 Å². The minimum absolute atomic E-state index is 0.551. The molecule has 0 N–H and O–H groups in total. The molecule has 1 aromatic heterocycles. The van der Waals surface area contributed by atoms with Crippen LogP contribution in [0.5, 0.6) is 0 Å². The number of hydrogen-bond donors (Lipinski definition) is 0. The number of nitrogens with zero attached hydrogens (tertiary/aromatic N) is 3. The molecule has 0 saturated carbocycles. The summed E-state index contributed by atoms with van der Waals surface area (Å²) in [5.74, 6) is 0.646. The van der Waals surface area contributed by atoms with Gasteiger partial charge in [0.1, 0.15) is 0 Å². The standard InChI is InChI=1S/C14H25Cl2N3/c1-5-12(6-2)18(9-8-15)10-13-14(16)11(4)17-19(13)7-3/h12H,5-10H2,1-4H3. The van der Waals surface area contributed by atoms with Gasteiger partial charge in [-0.2, -0.15) is 5.10 Å². The Morgan fingerprint density at radius 1 is 1.26 bits per heavy atom. The van der Waals surface area contributed by atoms with Crippen LogP contribution in [0.3, 0.4) is 0 Å². The van der Waals surface area contributed by atoms with Gasteiger partial charge in [0.2, 0.25) is 0 Å². The Hall–Kier alpha value is -0.250. The van der Waals surface area contributed by atoms with Gasteiger partial charge >= 0.3 is 0 Å². The van der Waals surface area contributed by atoms with E-state index in [0.29, 0.717) is 11.9 Å². The first-order valence-electron chi connectivity index (χ1n) is 7.10. The summed E-state index contributed by atoms with van der Waals surface area (Å²) in [6.45, 7) is 11.1. The number of rotatable bonds is 8. The van der Waals surface area contributed by atoms with E-state index in [0.717, 1.165) is 48.9 Å². The monoisotopic (exact) mass is 305 g/mol. The number of aromatic nitrogens is 2. The second kappa shape index (κ2) is 8.13. The highest BCUT2D eigenvalue weighted by molar-refractivity contribution is 6.31. The largest absolute Gasteiger partial charge is 0.293 e. The van der Waals surface area contributed by atoms with Crippen LogP contribution in [-0.4, -0.2) is 33.1 Å². The summed E-state index contributed by atoms with van der Waals surface area (Å²) in [7, 11) is 0. The van der Waals surface area contributed by atoms with Crippen molar-refractivity contribution in [3.63, 3.8) is 0 Å². The molecule has 1 rings (SSSR count). The summed E-state index contributed by atoms with van der Waals surface area (Å²) in [5.41, 5.74) is 2.02. The van der Waals surface area contributed by atoms with Gasteiger partial charge in [0.25, 0.3) is 0 Å².